The summed E-state index contributed by atoms with van der Waals surface area (Å²) >= 11 is 1.70. The fourth-order valence-electron chi connectivity index (χ4n) is 3.43. The number of thiophene rings is 1. The number of carboxylic acid groups (broad SMARTS) is 1. The molecule has 2 aliphatic rings. The van der Waals surface area contributed by atoms with Crippen molar-refractivity contribution >= 4 is 27.6 Å². The lowest BCUT2D eigenvalue weighted by atomic mass is 9.93. The molecule has 2 atom stereocenters. The van der Waals surface area contributed by atoms with Gasteiger partial charge in [0.15, 0.2) is 5.58 Å². The summed E-state index contributed by atoms with van der Waals surface area (Å²) in [4.78, 5) is 13.3. The van der Waals surface area contributed by atoms with Gasteiger partial charge < -0.3 is 14.5 Å². The van der Waals surface area contributed by atoms with Gasteiger partial charge in [-0.3, -0.25) is 4.79 Å². The second-order valence-electron chi connectivity index (χ2n) is 6.20. The van der Waals surface area contributed by atoms with E-state index >= 15 is 0 Å². The maximum absolute atomic E-state index is 10.9. The number of likely N-dealkylation sites (tertiary alicyclic amines) is 1. The van der Waals surface area contributed by atoms with Crippen LogP contribution in [-0.4, -0.2) is 40.8 Å². The van der Waals surface area contributed by atoms with Crippen LogP contribution in [0.2, 0.25) is 0 Å². The molecule has 0 bridgehead atoms. The van der Waals surface area contributed by atoms with Gasteiger partial charge in [0.2, 0.25) is 0 Å². The summed E-state index contributed by atoms with van der Waals surface area (Å²) in [6.45, 7) is 3.01. The Labute approximate surface area is 126 Å². The highest BCUT2D eigenvalue weighted by Crippen LogP contribution is 2.41. The molecule has 0 amide bonds. The normalized spacial score (nSPS) is 27.2. The zero-order valence-electron chi connectivity index (χ0n) is 11.7. The van der Waals surface area contributed by atoms with Gasteiger partial charge in [0.25, 0.3) is 0 Å². The van der Waals surface area contributed by atoms with Crippen molar-refractivity contribution < 1.29 is 14.4 Å². The predicted molar refractivity (Wildman–Crippen MR) is 79.5 cm³/mol. The maximum Gasteiger partial charge on any atom is 0.306 e. The van der Waals surface area contributed by atoms with Gasteiger partial charge in [0.1, 0.15) is 5.69 Å². The van der Waals surface area contributed by atoms with Crippen LogP contribution >= 0.6 is 11.3 Å². The summed E-state index contributed by atoms with van der Waals surface area (Å²) < 4.78 is 6.56. The van der Waals surface area contributed by atoms with Crippen LogP contribution in [0.1, 0.15) is 30.9 Å². The molecule has 1 aliphatic heterocycles. The molecular weight excluding hydrogens is 288 g/mol. The number of carboxylic acids is 1. The fourth-order valence-corrected chi connectivity index (χ4v) is 4.30. The molecule has 0 aromatic carbocycles. The van der Waals surface area contributed by atoms with Gasteiger partial charge in [-0.2, -0.15) is 0 Å². The minimum Gasteiger partial charge on any atom is -0.481 e. The summed E-state index contributed by atoms with van der Waals surface area (Å²) in [6, 6.07) is 1.98. The van der Waals surface area contributed by atoms with Gasteiger partial charge in [-0.05, 0) is 49.7 Å². The van der Waals surface area contributed by atoms with Crippen LogP contribution < -0.4 is 0 Å². The van der Waals surface area contributed by atoms with Crippen molar-refractivity contribution in [3.63, 3.8) is 0 Å². The molecule has 21 heavy (non-hydrogen) atoms. The lowest BCUT2D eigenvalue weighted by Crippen LogP contribution is -2.35. The van der Waals surface area contributed by atoms with Crippen LogP contribution in [0.5, 0.6) is 0 Å². The zero-order chi connectivity index (χ0) is 14.4. The second kappa shape index (κ2) is 5.10. The van der Waals surface area contributed by atoms with Crippen molar-refractivity contribution in [3.05, 3.63) is 17.1 Å². The van der Waals surface area contributed by atoms with E-state index in [4.69, 9.17) is 9.63 Å². The van der Waals surface area contributed by atoms with Crippen molar-refractivity contribution in [2.75, 3.05) is 19.6 Å². The highest BCUT2D eigenvalue weighted by molar-refractivity contribution is 7.17. The number of fused-ring (bicyclic) bond motifs is 1. The highest BCUT2D eigenvalue weighted by Gasteiger charge is 2.44. The van der Waals surface area contributed by atoms with Crippen LogP contribution in [0.4, 0.5) is 0 Å². The van der Waals surface area contributed by atoms with E-state index in [2.05, 4.69) is 10.1 Å². The fraction of sp³-hybridized carbons (Fsp3) is 0.600. The van der Waals surface area contributed by atoms with Gasteiger partial charge >= 0.3 is 5.97 Å². The molecule has 0 radical (unpaired) electrons. The van der Waals surface area contributed by atoms with Crippen LogP contribution in [0.15, 0.2) is 16.0 Å². The van der Waals surface area contributed by atoms with Crippen molar-refractivity contribution in [2.24, 2.45) is 11.8 Å². The first-order chi connectivity index (χ1) is 10.2. The van der Waals surface area contributed by atoms with E-state index < -0.39 is 5.97 Å². The molecule has 0 spiro atoms. The third-order valence-corrected chi connectivity index (χ3v) is 5.73. The van der Waals surface area contributed by atoms with Gasteiger partial charge in [-0.1, -0.05) is 5.16 Å². The lowest BCUT2D eigenvalue weighted by molar-refractivity contribution is -0.138. The Morgan fingerprint density at radius 2 is 2.29 bits per heavy atom. The number of hydrogen-bond acceptors (Lipinski definition) is 5. The molecule has 5 nitrogen and oxygen atoms in total. The smallest absolute Gasteiger partial charge is 0.306 e. The van der Waals surface area contributed by atoms with E-state index in [1.165, 1.54) is 4.70 Å². The van der Waals surface area contributed by atoms with Gasteiger partial charge in [0, 0.05) is 12.5 Å². The number of piperidine rings is 1. The Morgan fingerprint density at radius 3 is 3.00 bits per heavy atom. The zero-order valence-corrected chi connectivity index (χ0v) is 12.5. The molecule has 112 valence electrons. The van der Waals surface area contributed by atoms with E-state index in [0.717, 1.165) is 50.2 Å². The Balaban J connectivity index is 1.35. The SMILES string of the molecule is O=C(O)[C@H]1CC1CN1CCC(c2noc3ccsc23)CC1. The van der Waals surface area contributed by atoms with E-state index in [9.17, 15) is 4.79 Å². The van der Waals surface area contributed by atoms with Crippen molar-refractivity contribution in [3.8, 4) is 0 Å². The minimum atomic E-state index is -0.627. The van der Waals surface area contributed by atoms with Gasteiger partial charge in [-0.15, -0.1) is 11.3 Å². The van der Waals surface area contributed by atoms with E-state index in [0.29, 0.717) is 11.8 Å². The summed E-state index contributed by atoms with van der Waals surface area (Å²) in [7, 11) is 0. The molecule has 2 fully saturated rings. The van der Waals surface area contributed by atoms with Crippen LogP contribution in [0, 0.1) is 11.8 Å². The van der Waals surface area contributed by atoms with Crippen LogP contribution in [-0.2, 0) is 4.79 Å². The monoisotopic (exact) mass is 306 g/mol. The van der Waals surface area contributed by atoms with Crippen molar-refractivity contribution in [1.29, 1.82) is 0 Å². The van der Waals surface area contributed by atoms with Crippen LogP contribution in [0.25, 0.3) is 10.3 Å². The molecule has 2 aromatic heterocycles. The first kappa shape index (κ1) is 13.3. The van der Waals surface area contributed by atoms with Crippen LogP contribution in [0.3, 0.4) is 0 Å². The standard InChI is InChI=1S/C15H18N2O3S/c18-15(19)11-7-10(11)8-17-4-1-9(2-5-17)13-14-12(20-16-13)3-6-21-14/h3,6,9-11H,1-2,4-5,7-8H2,(H,18,19)/t10?,11-/m0/s1. The third-order valence-electron chi connectivity index (χ3n) is 4.81. The van der Waals surface area contributed by atoms with E-state index in [1.54, 1.807) is 11.3 Å². The molecule has 1 N–H and O–H groups in total. The summed E-state index contributed by atoms with van der Waals surface area (Å²) in [5.74, 6) is 0.132. The largest absolute Gasteiger partial charge is 0.481 e. The van der Waals surface area contributed by atoms with Crippen molar-refractivity contribution in [2.45, 2.75) is 25.2 Å². The number of hydrogen-bond donors (Lipinski definition) is 1. The molecule has 4 rings (SSSR count). The van der Waals surface area contributed by atoms with E-state index in [-0.39, 0.29) is 5.92 Å². The van der Waals surface area contributed by atoms with Gasteiger partial charge in [-0.25, -0.2) is 0 Å². The van der Waals surface area contributed by atoms with E-state index in [1.807, 2.05) is 11.4 Å². The number of aliphatic carboxylic acids is 1. The predicted octanol–water partition coefficient (Wildman–Crippen LogP) is 2.79. The first-order valence-corrected chi connectivity index (χ1v) is 8.38. The third kappa shape index (κ3) is 2.46. The average Bonchev–Trinajstić information content (AvgIpc) is 2.92. The maximum atomic E-state index is 10.9. The molecule has 1 saturated heterocycles. The topological polar surface area (TPSA) is 66.6 Å². The number of aromatic nitrogens is 1. The number of rotatable bonds is 4. The van der Waals surface area contributed by atoms with Gasteiger partial charge in [0.05, 0.1) is 10.6 Å². The molecule has 2 aromatic rings. The average molecular weight is 306 g/mol. The second-order valence-corrected chi connectivity index (χ2v) is 7.11. The minimum absolute atomic E-state index is 0.0935. The molecule has 6 heteroatoms. The Hall–Kier alpha value is -1.40. The van der Waals surface area contributed by atoms with Crippen molar-refractivity contribution in [1.82, 2.24) is 10.1 Å². The summed E-state index contributed by atoms with van der Waals surface area (Å²) in [5.41, 5.74) is 2.02. The Bertz CT molecular complexity index is 657. The lowest BCUT2D eigenvalue weighted by Gasteiger charge is -2.31. The molecule has 1 unspecified atom stereocenters. The quantitative estimate of drug-likeness (QED) is 0.941. The summed E-state index contributed by atoms with van der Waals surface area (Å²) in [5, 5.41) is 15.3. The highest BCUT2D eigenvalue weighted by atomic mass is 32.1. The Morgan fingerprint density at radius 1 is 1.48 bits per heavy atom. The Kier molecular flexibility index (Phi) is 3.23. The number of carbonyl (C=O) groups is 1. The summed E-state index contributed by atoms with van der Waals surface area (Å²) in [6.07, 6.45) is 3.03. The molecule has 1 aliphatic carbocycles. The molecular formula is C15H18N2O3S. The first-order valence-electron chi connectivity index (χ1n) is 7.50. The molecule has 3 heterocycles. The molecule has 1 saturated carbocycles. The number of nitrogens with zero attached hydrogens (tertiary/aromatic N) is 2.